The van der Waals surface area contributed by atoms with Crippen molar-refractivity contribution in [2.75, 3.05) is 19.6 Å². The number of ether oxygens (including phenoxy) is 2. The van der Waals surface area contributed by atoms with Crippen LogP contribution in [0.5, 0.6) is 0 Å². The van der Waals surface area contributed by atoms with Gasteiger partial charge in [0.15, 0.2) is 0 Å². The Balaban J connectivity index is 0. The molecule has 7 heteroatoms. The topological polar surface area (TPSA) is 103 Å². The standard InChI is InChI=1S/C11H23NO2.C10H22N2O2/c1-5-6-7-8-9-12-10(13)14-11(2,3)4;1-10(2,3)14-9(13)12-8-6-4-5-7-11/h5-9H2,1-4H3,(H,12,13);4-8,11H2,1-3H3,(H,12,13). The molecule has 0 saturated carbocycles. The van der Waals surface area contributed by atoms with Crippen LogP contribution in [-0.4, -0.2) is 43.0 Å². The van der Waals surface area contributed by atoms with Crippen LogP contribution in [0.2, 0.25) is 0 Å². The summed E-state index contributed by atoms with van der Waals surface area (Å²) in [5.41, 5.74) is 4.53. The Hall–Kier alpha value is -1.50. The lowest BCUT2D eigenvalue weighted by Gasteiger charge is -2.19. The van der Waals surface area contributed by atoms with E-state index in [1.165, 1.54) is 19.3 Å². The van der Waals surface area contributed by atoms with E-state index in [9.17, 15) is 9.59 Å². The smallest absolute Gasteiger partial charge is 0.407 e. The number of hydrogen-bond acceptors (Lipinski definition) is 5. The Morgan fingerprint density at radius 3 is 1.43 bits per heavy atom. The molecule has 0 rings (SSSR count). The first-order valence-corrected chi connectivity index (χ1v) is 10.5. The minimum absolute atomic E-state index is 0.311. The molecule has 168 valence electrons. The van der Waals surface area contributed by atoms with E-state index < -0.39 is 11.2 Å². The summed E-state index contributed by atoms with van der Waals surface area (Å²) in [6, 6.07) is 0. The number of unbranched alkanes of at least 4 members (excludes halogenated alkanes) is 5. The Bertz CT molecular complexity index is 363. The van der Waals surface area contributed by atoms with Gasteiger partial charge in [-0.15, -0.1) is 0 Å². The van der Waals surface area contributed by atoms with Crippen molar-refractivity contribution in [2.45, 2.75) is 105 Å². The molecule has 4 N–H and O–H groups in total. The highest BCUT2D eigenvalue weighted by molar-refractivity contribution is 5.67. The summed E-state index contributed by atoms with van der Waals surface area (Å²) in [6.07, 6.45) is 7.01. The lowest BCUT2D eigenvalue weighted by Crippen LogP contribution is -2.33. The summed E-state index contributed by atoms with van der Waals surface area (Å²) in [4.78, 5) is 22.3. The fourth-order valence-electron chi connectivity index (χ4n) is 2.01. The molecule has 0 spiro atoms. The van der Waals surface area contributed by atoms with Crippen LogP contribution in [0.15, 0.2) is 0 Å². The van der Waals surface area contributed by atoms with Crippen LogP contribution in [0.3, 0.4) is 0 Å². The molecule has 0 aromatic heterocycles. The molecule has 0 fully saturated rings. The zero-order valence-electron chi connectivity index (χ0n) is 19.3. The number of hydrogen-bond donors (Lipinski definition) is 3. The average Bonchev–Trinajstić information content (AvgIpc) is 2.52. The average molecular weight is 404 g/mol. The van der Waals surface area contributed by atoms with Gasteiger partial charge < -0.3 is 25.8 Å². The van der Waals surface area contributed by atoms with Crippen molar-refractivity contribution in [3.63, 3.8) is 0 Å². The largest absolute Gasteiger partial charge is 0.444 e. The van der Waals surface area contributed by atoms with Crippen LogP contribution in [-0.2, 0) is 9.47 Å². The van der Waals surface area contributed by atoms with E-state index in [-0.39, 0.29) is 12.2 Å². The Morgan fingerprint density at radius 2 is 1.11 bits per heavy atom. The summed E-state index contributed by atoms with van der Waals surface area (Å²) in [7, 11) is 0. The van der Waals surface area contributed by atoms with Gasteiger partial charge in [-0.2, -0.15) is 0 Å². The number of rotatable bonds is 10. The molecule has 0 bridgehead atoms. The fourth-order valence-corrected chi connectivity index (χ4v) is 2.01. The summed E-state index contributed by atoms with van der Waals surface area (Å²) in [6.45, 7) is 15.4. The second-order valence-corrected chi connectivity index (χ2v) is 8.77. The van der Waals surface area contributed by atoms with E-state index in [4.69, 9.17) is 15.2 Å². The highest BCUT2D eigenvalue weighted by atomic mass is 16.6. The van der Waals surface area contributed by atoms with Gasteiger partial charge in [0.1, 0.15) is 11.2 Å². The van der Waals surface area contributed by atoms with Crippen molar-refractivity contribution in [1.82, 2.24) is 10.6 Å². The molecule has 0 aliphatic rings. The molecular weight excluding hydrogens is 358 g/mol. The minimum Gasteiger partial charge on any atom is -0.444 e. The van der Waals surface area contributed by atoms with E-state index in [1.54, 1.807) is 0 Å². The van der Waals surface area contributed by atoms with E-state index in [0.717, 1.165) is 32.2 Å². The molecule has 0 radical (unpaired) electrons. The van der Waals surface area contributed by atoms with Crippen molar-refractivity contribution in [1.29, 1.82) is 0 Å². The van der Waals surface area contributed by atoms with Crippen LogP contribution < -0.4 is 16.4 Å². The third kappa shape index (κ3) is 26.7. The Morgan fingerprint density at radius 1 is 0.714 bits per heavy atom. The number of nitrogens with one attached hydrogen (secondary N) is 2. The van der Waals surface area contributed by atoms with E-state index in [0.29, 0.717) is 13.1 Å². The predicted octanol–water partition coefficient (Wildman–Crippen LogP) is 4.73. The summed E-state index contributed by atoms with van der Waals surface area (Å²) in [5.74, 6) is 0. The molecule has 28 heavy (non-hydrogen) atoms. The predicted molar refractivity (Wildman–Crippen MR) is 116 cm³/mol. The summed E-state index contributed by atoms with van der Waals surface area (Å²) >= 11 is 0. The Labute approximate surface area is 172 Å². The molecule has 0 heterocycles. The number of nitrogens with two attached hydrogens (primary N) is 1. The molecule has 0 aliphatic heterocycles. The van der Waals surface area contributed by atoms with Gasteiger partial charge in [0.25, 0.3) is 0 Å². The Kier molecular flexibility index (Phi) is 16.9. The SMILES string of the molecule is CC(C)(C)OC(=O)NCCCCCN.CCCCCCNC(=O)OC(C)(C)C. The number of alkyl carbamates (subject to hydrolysis) is 2. The fraction of sp³-hybridized carbons (Fsp3) is 0.905. The second-order valence-electron chi connectivity index (χ2n) is 8.77. The van der Waals surface area contributed by atoms with E-state index in [2.05, 4.69) is 17.6 Å². The zero-order chi connectivity index (χ0) is 22.1. The number of carbonyl (C=O) groups is 2. The van der Waals surface area contributed by atoms with Crippen molar-refractivity contribution < 1.29 is 19.1 Å². The van der Waals surface area contributed by atoms with Gasteiger partial charge >= 0.3 is 12.2 Å². The van der Waals surface area contributed by atoms with Gasteiger partial charge in [0.05, 0.1) is 0 Å². The lowest BCUT2D eigenvalue weighted by molar-refractivity contribution is 0.0515. The van der Waals surface area contributed by atoms with E-state index in [1.807, 2.05) is 41.5 Å². The molecule has 0 aromatic carbocycles. The van der Waals surface area contributed by atoms with Crippen molar-refractivity contribution in [3.8, 4) is 0 Å². The van der Waals surface area contributed by atoms with Crippen molar-refractivity contribution in [2.24, 2.45) is 5.73 Å². The first kappa shape index (κ1) is 28.7. The second kappa shape index (κ2) is 16.5. The lowest BCUT2D eigenvalue weighted by atomic mass is 10.2. The summed E-state index contributed by atoms with van der Waals surface area (Å²) < 4.78 is 10.2. The first-order valence-electron chi connectivity index (χ1n) is 10.5. The maximum Gasteiger partial charge on any atom is 0.407 e. The monoisotopic (exact) mass is 403 g/mol. The van der Waals surface area contributed by atoms with Gasteiger partial charge in [-0.25, -0.2) is 9.59 Å². The van der Waals surface area contributed by atoms with Gasteiger partial charge in [-0.3, -0.25) is 0 Å². The van der Waals surface area contributed by atoms with Crippen molar-refractivity contribution >= 4 is 12.2 Å². The number of carbonyl (C=O) groups excluding carboxylic acids is 2. The molecule has 0 aliphatic carbocycles. The van der Waals surface area contributed by atoms with Crippen LogP contribution in [0.1, 0.15) is 93.4 Å². The quantitative estimate of drug-likeness (QED) is 0.458. The third-order valence-corrected chi connectivity index (χ3v) is 3.25. The molecular formula is C21H45N3O4. The van der Waals surface area contributed by atoms with Gasteiger partial charge in [0.2, 0.25) is 0 Å². The third-order valence-electron chi connectivity index (χ3n) is 3.25. The van der Waals surface area contributed by atoms with Crippen LogP contribution in [0.4, 0.5) is 9.59 Å². The normalized spacial score (nSPS) is 11.1. The maximum absolute atomic E-state index is 11.2. The highest BCUT2D eigenvalue weighted by Gasteiger charge is 2.15. The maximum atomic E-state index is 11.2. The van der Waals surface area contributed by atoms with Gasteiger partial charge in [0, 0.05) is 13.1 Å². The van der Waals surface area contributed by atoms with Crippen LogP contribution in [0.25, 0.3) is 0 Å². The highest BCUT2D eigenvalue weighted by Crippen LogP contribution is 2.07. The minimum atomic E-state index is -0.415. The molecule has 2 amide bonds. The molecule has 0 atom stereocenters. The number of amides is 2. The van der Waals surface area contributed by atoms with E-state index >= 15 is 0 Å². The van der Waals surface area contributed by atoms with Crippen LogP contribution >= 0.6 is 0 Å². The summed E-state index contributed by atoms with van der Waals surface area (Å²) in [5, 5.41) is 5.43. The van der Waals surface area contributed by atoms with Crippen molar-refractivity contribution in [3.05, 3.63) is 0 Å². The zero-order valence-corrected chi connectivity index (χ0v) is 19.3. The molecule has 7 nitrogen and oxygen atoms in total. The molecule has 0 saturated heterocycles. The van der Waals surface area contributed by atoms with Crippen LogP contribution in [0, 0.1) is 0 Å². The molecule has 0 aromatic rings. The van der Waals surface area contributed by atoms with Gasteiger partial charge in [-0.1, -0.05) is 32.6 Å². The van der Waals surface area contributed by atoms with Gasteiger partial charge in [-0.05, 0) is 67.3 Å². The molecule has 0 unspecified atom stereocenters. The first-order chi connectivity index (χ1) is 12.9.